The van der Waals surface area contributed by atoms with Gasteiger partial charge in [0.2, 0.25) is 0 Å². The molecule has 0 saturated heterocycles. The van der Waals surface area contributed by atoms with Gasteiger partial charge in [0.25, 0.3) is 0 Å². The lowest BCUT2D eigenvalue weighted by Crippen LogP contribution is -2.27. The van der Waals surface area contributed by atoms with Gasteiger partial charge in [-0.3, -0.25) is 0 Å². The summed E-state index contributed by atoms with van der Waals surface area (Å²) in [5.74, 6) is 0.721. The Morgan fingerprint density at radius 2 is 1.90 bits per heavy atom. The van der Waals surface area contributed by atoms with Crippen LogP contribution in [0.2, 0.25) is 0 Å². The lowest BCUT2D eigenvalue weighted by Gasteiger charge is -2.32. The SMILES string of the molecule is CCN(CCCC(CCN)C(C)(C)C)c1cccc(C)c1. The van der Waals surface area contributed by atoms with E-state index in [2.05, 4.69) is 63.8 Å². The summed E-state index contributed by atoms with van der Waals surface area (Å²) in [6.07, 6.45) is 3.65. The Morgan fingerprint density at radius 1 is 1.19 bits per heavy atom. The van der Waals surface area contributed by atoms with Gasteiger partial charge in [0.05, 0.1) is 0 Å². The van der Waals surface area contributed by atoms with E-state index < -0.39 is 0 Å². The molecule has 1 atom stereocenters. The van der Waals surface area contributed by atoms with Gasteiger partial charge in [-0.15, -0.1) is 0 Å². The summed E-state index contributed by atoms with van der Waals surface area (Å²) in [5, 5.41) is 0. The van der Waals surface area contributed by atoms with Gasteiger partial charge in [0.15, 0.2) is 0 Å². The molecule has 120 valence electrons. The number of benzene rings is 1. The molecule has 21 heavy (non-hydrogen) atoms. The van der Waals surface area contributed by atoms with Crippen LogP contribution in [0.25, 0.3) is 0 Å². The van der Waals surface area contributed by atoms with Crippen molar-refractivity contribution in [2.24, 2.45) is 17.1 Å². The second kappa shape index (κ2) is 8.43. The standard InChI is InChI=1S/C19H34N2/c1-6-21(18-11-7-9-16(2)15-18)14-8-10-17(12-13-20)19(3,4)5/h7,9,11,15,17H,6,8,10,12-14,20H2,1-5H3. The zero-order valence-electron chi connectivity index (χ0n) is 14.7. The molecular formula is C19H34N2. The van der Waals surface area contributed by atoms with Crippen LogP contribution < -0.4 is 10.6 Å². The molecule has 1 aromatic rings. The summed E-state index contributed by atoms with van der Waals surface area (Å²) < 4.78 is 0. The van der Waals surface area contributed by atoms with Crippen LogP contribution in [0, 0.1) is 18.3 Å². The van der Waals surface area contributed by atoms with Crippen LogP contribution >= 0.6 is 0 Å². The van der Waals surface area contributed by atoms with Crippen molar-refractivity contribution in [3.05, 3.63) is 29.8 Å². The Balaban J connectivity index is 2.55. The van der Waals surface area contributed by atoms with Crippen LogP contribution in [-0.2, 0) is 0 Å². The van der Waals surface area contributed by atoms with Gasteiger partial charge in [-0.05, 0) is 68.7 Å². The molecule has 0 heterocycles. The third kappa shape index (κ3) is 6.09. The van der Waals surface area contributed by atoms with Crippen molar-refractivity contribution in [2.45, 2.75) is 53.9 Å². The highest BCUT2D eigenvalue weighted by Crippen LogP contribution is 2.32. The van der Waals surface area contributed by atoms with Crippen molar-refractivity contribution in [3.8, 4) is 0 Å². The fourth-order valence-corrected chi connectivity index (χ4v) is 3.03. The molecule has 0 bridgehead atoms. The van der Waals surface area contributed by atoms with Gasteiger partial charge in [-0.1, -0.05) is 32.9 Å². The lowest BCUT2D eigenvalue weighted by molar-refractivity contribution is 0.211. The van der Waals surface area contributed by atoms with Gasteiger partial charge in [-0.25, -0.2) is 0 Å². The summed E-state index contributed by atoms with van der Waals surface area (Å²) in [6.45, 7) is 14.4. The zero-order valence-corrected chi connectivity index (χ0v) is 14.7. The van der Waals surface area contributed by atoms with E-state index >= 15 is 0 Å². The maximum atomic E-state index is 5.78. The minimum atomic E-state index is 0.361. The second-order valence-corrected chi connectivity index (χ2v) is 7.20. The number of hydrogen-bond donors (Lipinski definition) is 1. The zero-order chi connectivity index (χ0) is 15.9. The number of nitrogens with two attached hydrogens (primary N) is 1. The molecule has 0 spiro atoms. The topological polar surface area (TPSA) is 29.3 Å². The third-order valence-electron chi connectivity index (χ3n) is 4.47. The molecule has 1 aromatic carbocycles. The predicted octanol–water partition coefficient (Wildman–Crippen LogP) is 4.61. The predicted molar refractivity (Wildman–Crippen MR) is 94.9 cm³/mol. The smallest absolute Gasteiger partial charge is 0.0368 e. The molecule has 0 radical (unpaired) electrons. The van der Waals surface area contributed by atoms with Crippen molar-refractivity contribution >= 4 is 5.69 Å². The molecular weight excluding hydrogens is 256 g/mol. The Morgan fingerprint density at radius 3 is 2.43 bits per heavy atom. The number of hydrogen-bond acceptors (Lipinski definition) is 2. The van der Waals surface area contributed by atoms with Gasteiger partial charge < -0.3 is 10.6 Å². The first kappa shape index (κ1) is 18.0. The average molecular weight is 290 g/mol. The number of nitrogens with zero attached hydrogens (tertiary/aromatic N) is 1. The first-order valence-electron chi connectivity index (χ1n) is 8.40. The van der Waals surface area contributed by atoms with Crippen molar-refractivity contribution < 1.29 is 0 Å². The summed E-state index contributed by atoms with van der Waals surface area (Å²) in [5.41, 5.74) is 8.83. The van der Waals surface area contributed by atoms with Crippen molar-refractivity contribution in [3.63, 3.8) is 0 Å². The normalized spacial score (nSPS) is 13.2. The minimum Gasteiger partial charge on any atom is -0.372 e. The fourth-order valence-electron chi connectivity index (χ4n) is 3.03. The van der Waals surface area contributed by atoms with E-state index in [4.69, 9.17) is 5.73 Å². The molecule has 2 N–H and O–H groups in total. The Hall–Kier alpha value is -1.02. The summed E-state index contributed by atoms with van der Waals surface area (Å²) >= 11 is 0. The molecule has 0 saturated carbocycles. The van der Waals surface area contributed by atoms with E-state index in [0.717, 1.165) is 32.0 Å². The molecule has 2 heteroatoms. The molecule has 1 unspecified atom stereocenters. The van der Waals surface area contributed by atoms with Crippen LogP contribution in [-0.4, -0.2) is 19.6 Å². The molecule has 0 aromatic heterocycles. The highest BCUT2D eigenvalue weighted by molar-refractivity contribution is 5.48. The van der Waals surface area contributed by atoms with E-state index in [1.807, 2.05) is 0 Å². The first-order valence-corrected chi connectivity index (χ1v) is 8.40. The van der Waals surface area contributed by atoms with Gasteiger partial charge in [0.1, 0.15) is 0 Å². The van der Waals surface area contributed by atoms with Gasteiger partial charge >= 0.3 is 0 Å². The highest BCUT2D eigenvalue weighted by Gasteiger charge is 2.23. The van der Waals surface area contributed by atoms with Crippen molar-refractivity contribution in [2.75, 3.05) is 24.5 Å². The first-order chi connectivity index (χ1) is 9.88. The maximum absolute atomic E-state index is 5.78. The van der Waals surface area contributed by atoms with Crippen LogP contribution in [0.3, 0.4) is 0 Å². The molecule has 0 amide bonds. The third-order valence-corrected chi connectivity index (χ3v) is 4.47. The summed E-state index contributed by atoms with van der Waals surface area (Å²) in [7, 11) is 0. The van der Waals surface area contributed by atoms with E-state index in [-0.39, 0.29) is 0 Å². The molecule has 0 aliphatic rings. The van der Waals surface area contributed by atoms with Crippen LogP contribution in [0.5, 0.6) is 0 Å². The molecule has 1 rings (SSSR count). The number of rotatable bonds is 8. The van der Waals surface area contributed by atoms with Gasteiger partial charge in [0, 0.05) is 18.8 Å². The molecule has 2 nitrogen and oxygen atoms in total. The van der Waals surface area contributed by atoms with E-state index in [9.17, 15) is 0 Å². The highest BCUT2D eigenvalue weighted by atomic mass is 15.1. The summed E-state index contributed by atoms with van der Waals surface area (Å²) in [6, 6.07) is 8.82. The minimum absolute atomic E-state index is 0.361. The quantitative estimate of drug-likeness (QED) is 0.757. The average Bonchev–Trinajstić information content (AvgIpc) is 2.41. The largest absolute Gasteiger partial charge is 0.372 e. The van der Waals surface area contributed by atoms with E-state index in [1.54, 1.807) is 0 Å². The van der Waals surface area contributed by atoms with Crippen LogP contribution in [0.1, 0.15) is 52.5 Å². The van der Waals surface area contributed by atoms with E-state index in [1.165, 1.54) is 24.1 Å². The fraction of sp³-hybridized carbons (Fsp3) is 0.684. The maximum Gasteiger partial charge on any atom is 0.0368 e. The van der Waals surface area contributed by atoms with Crippen LogP contribution in [0.15, 0.2) is 24.3 Å². The lowest BCUT2D eigenvalue weighted by atomic mass is 9.76. The Kier molecular flexibility index (Phi) is 7.24. The Bertz CT molecular complexity index is 406. The molecule has 0 aliphatic heterocycles. The van der Waals surface area contributed by atoms with E-state index in [0.29, 0.717) is 5.41 Å². The number of aryl methyl sites for hydroxylation is 1. The van der Waals surface area contributed by atoms with Crippen LogP contribution in [0.4, 0.5) is 5.69 Å². The second-order valence-electron chi connectivity index (χ2n) is 7.20. The molecule has 0 fully saturated rings. The Labute approximate surface area is 131 Å². The van der Waals surface area contributed by atoms with Crippen molar-refractivity contribution in [1.82, 2.24) is 0 Å². The monoisotopic (exact) mass is 290 g/mol. The van der Waals surface area contributed by atoms with Gasteiger partial charge in [-0.2, -0.15) is 0 Å². The molecule has 0 aliphatic carbocycles. The number of anilines is 1. The van der Waals surface area contributed by atoms with Crippen molar-refractivity contribution in [1.29, 1.82) is 0 Å². The summed E-state index contributed by atoms with van der Waals surface area (Å²) in [4.78, 5) is 2.48.